The largest absolute Gasteiger partial charge is 0.397 e. The van der Waals surface area contributed by atoms with Crippen molar-refractivity contribution in [3.05, 3.63) is 51.5 Å². The zero-order valence-electron chi connectivity index (χ0n) is 9.90. The second-order valence-electron chi connectivity index (χ2n) is 3.91. The van der Waals surface area contributed by atoms with Crippen LogP contribution >= 0.6 is 34.8 Å². The van der Waals surface area contributed by atoms with Crippen molar-refractivity contribution >= 4 is 56.2 Å². The molecule has 0 unspecified atom stereocenters. The molecule has 0 fully saturated rings. The van der Waals surface area contributed by atoms with E-state index in [9.17, 15) is 8.42 Å². The second-order valence-corrected chi connectivity index (χ2v) is 6.85. The van der Waals surface area contributed by atoms with Gasteiger partial charge in [0.1, 0.15) is 0 Å². The zero-order chi connectivity index (χ0) is 14.9. The predicted molar refractivity (Wildman–Crippen MR) is 83.1 cm³/mol. The van der Waals surface area contributed by atoms with Gasteiger partial charge in [-0.05, 0) is 36.4 Å². The summed E-state index contributed by atoms with van der Waals surface area (Å²) in [5.74, 6) is 0. The summed E-state index contributed by atoms with van der Waals surface area (Å²) >= 11 is 17.3. The van der Waals surface area contributed by atoms with E-state index in [4.69, 9.17) is 40.5 Å². The molecule has 20 heavy (non-hydrogen) atoms. The van der Waals surface area contributed by atoms with Crippen molar-refractivity contribution in [3.8, 4) is 0 Å². The summed E-state index contributed by atoms with van der Waals surface area (Å²) in [5.41, 5.74) is 6.05. The van der Waals surface area contributed by atoms with Gasteiger partial charge in [-0.2, -0.15) is 0 Å². The molecule has 0 saturated carbocycles. The molecule has 0 aliphatic carbocycles. The van der Waals surface area contributed by atoms with E-state index in [1.807, 2.05) is 0 Å². The van der Waals surface area contributed by atoms with Crippen LogP contribution in [0.25, 0.3) is 0 Å². The number of hydrogen-bond acceptors (Lipinski definition) is 3. The molecule has 8 heteroatoms. The van der Waals surface area contributed by atoms with E-state index in [1.165, 1.54) is 36.4 Å². The Hall–Kier alpha value is -1.14. The van der Waals surface area contributed by atoms with E-state index in [-0.39, 0.29) is 26.3 Å². The molecule has 0 aliphatic rings. The lowest BCUT2D eigenvalue weighted by atomic mass is 10.3. The van der Waals surface area contributed by atoms with Crippen LogP contribution in [0.2, 0.25) is 15.1 Å². The highest BCUT2D eigenvalue weighted by Crippen LogP contribution is 2.32. The Morgan fingerprint density at radius 2 is 1.50 bits per heavy atom. The monoisotopic (exact) mass is 350 g/mol. The number of nitrogen functional groups attached to an aromatic ring is 1. The fourth-order valence-corrected chi connectivity index (χ4v) is 3.01. The minimum absolute atomic E-state index is 0.0624. The summed E-state index contributed by atoms with van der Waals surface area (Å²) in [6.45, 7) is 0. The van der Waals surface area contributed by atoms with Crippen LogP contribution < -0.4 is 10.5 Å². The number of benzene rings is 2. The smallest absolute Gasteiger partial charge is 0.261 e. The van der Waals surface area contributed by atoms with Crippen LogP contribution in [-0.2, 0) is 10.0 Å². The Labute approximate surface area is 131 Å². The Morgan fingerprint density at radius 3 is 2.10 bits per heavy atom. The summed E-state index contributed by atoms with van der Waals surface area (Å²) in [7, 11) is -3.77. The van der Waals surface area contributed by atoms with Crippen LogP contribution in [-0.4, -0.2) is 8.42 Å². The van der Waals surface area contributed by atoms with Gasteiger partial charge in [0, 0.05) is 5.02 Å². The van der Waals surface area contributed by atoms with Gasteiger partial charge in [-0.25, -0.2) is 8.42 Å². The summed E-state index contributed by atoms with van der Waals surface area (Å²) in [6, 6.07) is 8.47. The minimum atomic E-state index is -3.77. The SMILES string of the molecule is Nc1cc(Cl)c(Cl)cc1NS(=O)(=O)c1ccc(Cl)cc1. The van der Waals surface area contributed by atoms with Gasteiger partial charge >= 0.3 is 0 Å². The molecule has 0 aliphatic heterocycles. The molecule has 0 bridgehead atoms. The molecular formula is C12H9Cl3N2O2S. The first-order valence-electron chi connectivity index (χ1n) is 5.32. The molecule has 2 rings (SSSR count). The maximum absolute atomic E-state index is 12.2. The second kappa shape index (κ2) is 5.69. The number of nitrogens with two attached hydrogens (primary N) is 1. The first-order chi connectivity index (χ1) is 9.29. The number of nitrogens with one attached hydrogen (secondary N) is 1. The van der Waals surface area contributed by atoms with Gasteiger partial charge in [0.05, 0.1) is 26.3 Å². The lowest BCUT2D eigenvalue weighted by Crippen LogP contribution is -2.14. The molecule has 2 aromatic carbocycles. The first-order valence-corrected chi connectivity index (χ1v) is 7.94. The third-order valence-corrected chi connectivity index (χ3v) is 4.82. The van der Waals surface area contributed by atoms with Crippen LogP contribution in [0, 0.1) is 0 Å². The Morgan fingerprint density at radius 1 is 0.950 bits per heavy atom. The van der Waals surface area contributed by atoms with Gasteiger partial charge in [0.15, 0.2) is 0 Å². The molecule has 0 radical (unpaired) electrons. The molecule has 0 spiro atoms. The third kappa shape index (κ3) is 3.30. The molecule has 106 valence electrons. The van der Waals surface area contributed by atoms with Crippen molar-refractivity contribution in [2.24, 2.45) is 0 Å². The highest BCUT2D eigenvalue weighted by Gasteiger charge is 2.16. The molecule has 0 aromatic heterocycles. The number of hydrogen-bond donors (Lipinski definition) is 2. The molecule has 0 atom stereocenters. The lowest BCUT2D eigenvalue weighted by Gasteiger charge is -2.11. The van der Waals surface area contributed by atoms with Crippen LogP contribution in [0.1, 0.15) is 0 Å². The van der Waals surface area contributed by atoms with Crippen molar-refractivity contribution in [2.45, 2.75) is 4.90 Å². The summed E-state index contributed by atoms with van der Waals surface area (Å²) in [4.78, 5) is 0.0624. The topological polar surface area (TPSA) is 72.2 Å². The molecule has 0 saturated heterocycles. The third-order valence-electron chi connectivity index (χ3n) is 2.46. The van der Waals surface area contributed by atoms with Gasteiger partial charge in [0.25, 0.3) is 10.0 Å². The van der Waals surface area contributed by atoms with Gasteiger partial charge in [-0.15, -0.1) is 0 Å². The number of sulfonamides is 1. The van der Waals surface area contributed by atoms with E-state index in [2.05, 4.69) is 4.72 Å². The summed E-state index contributed by atoms with van der Waals surface area (Å²) < 4.78 is 26.7. The Balaban J connectivity index is 2.38. The summed E-state index contributed by atoms with van der Waals surface area (Å²) in [6.07, 6.45) is 0. The van der Waals surface area contributed by atoms with E-state index in [0.29, 0.717) is 5.02 Å². The number of halogens is 3. The maximum Gasteiger partial charge on any atom is 0.261 e. The van der Waals surface area contributed by atoms with Crippen molar-refractivity contribution in [1.29, 1.82) is 0 Å². The average Bonchev–Trinajstić information content (AvgIpc) is 2.36. The first kappa shape index (κ1) is 15.3. The number of anilines is 2. The highest BCUT2D eigenvalue weighted by atomic mass is 35.5. The van der Waals surface area contributed by atoms with Crippen molar-refractivity contribution in [3.63, 3.8) is 0 Å². The van der Waals surface area contributed by atoms with Crippen LogP contribution in [0.4, 0.5) is 11.4 Å². The van der Waals surface area contributed by atoms with Gasteiger partial charge in [-0.3, -0.25) is 4.72 Å². The fraction of sp³-hybridized carbons (Fsp3) is 0. The van der Waals surface area contributed by atoms with Gasteiger partial charge in [-0.1, -0.05) is 34.8 Å². The molecule has 0 amide bonds. The molecule has 4 nitrogen and oxygen atoms in total. The molecule has 0 heterocycles. The quantitative estimate of drug-likeness (QED) is 0.820. The molecule has 2 aromatic rings. The van der Waals surface area contributed by atoms with Crippen molar-refractivity contribution in [1.82, 2.24) is 0 Å². The van der Waals surface area contributed by atoms with Gasteiger partial charge < -0.3 is 5.73 Å². The average molecular weight is 352 g/mol. The predicted octanol–water partition coefficient (Wildman–Crippen LogP) is 4.03. The van der Waals surface area contributed by atoms with Crippen LogP contribution in [0.5, 0.6) is 0 Å². The van der Waals surface area contributed by atoms with Gasteiger partial charge in [0.2, 0.25) is 0 Å². The van der Waals surface area contributed by atoms with E-state index < -0.39 is 10.0 Å². The molecule has 3 N–H and O–H groups in total. The molecular weight excluding hydrogens is 343 g/mol. The van der Waals surface area contributed by atoms with E-state index in [1.54, 1.807) is 0 Å². The summed E-state index contributed by atoms with van der Waals surface area (Å²) in [5, 5.41) is 0.895. The fourth-order valence-electron chi connectivity index (χ4n) is 1.47. The maximum atomic E-state index is 12.2. The standard InChI is InChI=1S/C12H9Cl3N2O2S/c13-7-1-3-8(4-2-7)20(18,19)17-12-6-10(15)9(14)5-11(12)16/h1-6,17H,16H2. The van der Waals surface area contributed by atoms with Crippen LogP contribution in [0.15, 0.2) is 41.3 Å². The lowest BCUT2D eigenvalue weighted by molar-refractivity contribution is 0.601. The normalized spacial score (nSPS) is 11.3. The van der Waals surface area contributed by atoms with E-state index in [0.717, 1.165) is 0 Å². The van der Waals surface area contributed by atoms with Crippen LogP contribution in [0.3, 0.4) is 0 Å². The Bertz CT molecular complexity index is 746. The zero-order valence-corrected chi connectivity index (χ0v) is 13.0. The van der Waals surface area contributed by atoms with E-state index >= 15 is 0 Å². The Kier molecular flexibility index (Phi) is 4.34. The van der Waals surface area contributed by atoms with Crippen molar-refractivity contribution < 1.29 is 8.42 Å². The van der Waals surface area contributed by atoms with Crippen molar-refractivity contribution in [2.75, 3.05) is 10.5 Å². The minimum Gasteiger partial charge on any atom is -0.397 e. The number of rotatable bonds is 3. The highest BCUT2D eigenvalue weighted by molar-refractivity contribution is 7.92.